The molecule has 1 heterocycles. The molecule has 0 atom stereocenters. The molecule has 25 heavy (non-hydrogen) atoms. The Bertz CT molecular complexity index is 860. The Balaban J connectivity index is 2.03. The normalized spacial score (nSPS) is 10.8. The maximum atomic E-state index is 11.7. The van der Waals surface area contributed by atoms with E-state index in [-0.39, 0.29) is 16.7 Å². The Kier molecular flexibility index (Phi) is 6.03. The molecule has 3 amide bonds. The predicted octanol–water partition coefficient (Wildman–Crippen LogP) is 2.62. The minimum atomic E-state index is -0.622. The molecule has 0 fully saturated rings. The van der Waals surface area contributed by atoms with Crippen LogP contribution in [0.4, 0.5) is 4.79 Å². The quantitative estimate of drug-likeness (QED) is 0.793. The number of ether oxygens (including phenoxy) is 1. The van der Waals surface area contributed by atoms with Crippen molar-refractivity contribution < 1.29 is 18.7 Å². The van der Waals surface area contributed by atoms with Gasteiger partial charge in [0.25, 0.3) is 5.91 Å². The van der Waals surface area contributed by atoms with Crippen LogP contribution in [-0.2, 0) is 4.79 Å². The minimum absolute atomic E-state index is 0.181. The zero-order chi connectivity index (χ0) is 18.6. The van der Waals surface area contributed by atoms with Gasteiger partial charge in [-0.05, 0) is 24.5 Å². The number of nitrogens with one attached hydrogen (secondary N) is 2. The van der Waals surface area contributed by atoms with Gasteiger partial charge < -0.3 is 14.5 Å². The van der Waals surface area contributed by atoms with Gasteiger partial charge in [-0.2, -0.15) is 0 Å². The predicted molar refractivity (Wildman–Crippen MR) is 94.1 cm³/mol. The molecule has 0 bridgehead atoms. The average molecular weight is 367 g/mol. The van der Waals surface area contributed by atoms with Crippen LogP contribution >= 0.6 is 11.6 Å². The highest BCUT2D eigenvalue weighted by atomic mass is 35.5. The number of halogens is 1. The lowest BCUT2D eigenvalue weighted by Gasteiger charge is -2.11. The second kappa shape index (κ2) is 8.02. The molecule has 0 radical (unpaired) electrons. The van der Waals surface area contributed by atoms with Crippen LogP contribution in [0.15, 0.2) is 27.4 Å². The fraction of sp³-hybridized carbons (Fsp3) is 0.353. The van der Waals surface area contributed by atoms with E-state index >= 15 is 0 Å². The van der Waals surface area contributed by atoms with Gasteiger partial charge in [0.05, 0.1) is 5.02 Å². The van der Waals surface area contributed by atoms with Crippen molar-refractivity contribution in [3.8, 4) is 5.75 Å². The third-order valence-corrected chi connectivity index (χ3v) is 3.58. The van der Waals surface area contributed by atoms with Gasteiger partial charge in [0.15, 0.2) is 6.61 Å². The second-order valence-corrected chi connectivity index (χ2v) is 6.38. The van der Waals surface area contributed by atoms with E-state index < -0.39 is 24.2 Å². The molecule has 1 aromatic carbocycles. The van der Waals surface area contributed by atoms with Crippen LogP contribution in [0, 0.1) is 12.8 Å². The third kappa shape index (κ3) is 5.22. The average Bonchev–Trinajstić information content (AvgIpc) is 2.51. The molecular weight excluding hydrogens is 348 g/mol. The van der Waals surface area contributed by atoms with Gasteiger partial charge in [-0.25, -0.2) is 9.59 Å². The number of urea groups is 1. The standard InChI is InChI=1S/C17H19ClN2O5/c1-9(2)7-19-17(23)20-15(21)8-24-14-6-13-11(5-12(14)18)10(3)4-16(22)25-13/h4-6,9H,7-8H2,1-3H3,(H2,19,20,21,23). The van der Waals surface area contributed by atoms with E-state index in [9.17, 15) is 14.4 Å². The van der Waals surface area contributed by atoms with E-state index in [4.69, 9.17) is 20.8 Å². The van der Waals surface area contributed by atoms with E-state index in [0.717, 1.165) is 5.56 Å². The smallest absolute Gasteiger partial charge is 0.336 e. The molecule has 8 heteroatoms. The first-order valence-corrected chi connectivity index (χ1v) is 8.08. The number of carbonyl (C=O) groups is 2. The molecule has 0 aliphatic carbocycles. The van der Waals surface area contributed by atoms with Crippen molar-refractivity contribution in [1.29, 1.82) is 0 Å². The Morgan fingerprint density at radius 3 is 2.68 bits per heavy atom. The molecule has 0 aliphatic rings. The molecule has 0 saturated carbocycles. The monoisotopic (exact) mass is 366 g/mol. The number of carbonyl (C=O) groups excluding carboxylic acids is 2. The highest BCUT2D eigenvalue weighted by Gasteiger charge is 2.12. The first-order chi connectivity index (χ1) is 11.8. The Morgan fingerprint density at radius 1 is 1.28 bits per heavy atom. The van der Waals surface area contributed by atoms with Crippen LogP contribution < -0.4 is 21.0 Å². The molecule has 134 valence electrons. The van der Waals surface area contributed by atoms with Crippen molar-refractivity contribution in [1.82, 2.24) is 10.6 Å². The summed E-state index contributed by atoms with van der Waals surface area (Å²) < 4.78 is 10.4. The van der Waals surface area contributed by atoms with Gasteiger partial charge in [0, 0.05) is 24.1 Å². The number of hydrogen-bond acceptors (Lipinski definition) is 5. The number of rotatable bonds is 5. The molecule has 0 spiro atoms. The van der Waals surface area contributed by atoms with E-state index in [2.05, 4.69) is 10.6 Å². The van der Waals surface area contributed by atoms with Gasteiger partial charge in [-0.3, -0.25) is 10.1 Å². The molecule has 0 saturated heterocycles. The largest absolute Gasteiger partial charge is 0.482 e. The van der Waals surface area contributed by atoms with Gasteiger partial charge >= 0.3 is 11.7 Å². The van der Waals surface area contributed by atoms with Crippen LogP contribution in [0.5, 0.6) is 5.75 Å². The SMILES string of the molecule is Cc1cc(=O)oc2cc(OCC(=O)NC(=O)NCC(C)C)c(Cl)cc12. The highest BCUT2D eigenvalue weighted by molar-refractivity contribution is 6.32. The van der Waals surface area contributed by atoms with Gasteiger partial charge in [-0.15, -0.1) is 0 Å². The molecule has 7 nitrogen and oxygen atoms in total. The van der Waals surface area contributed by atoms with Gasteiger partial charge in [-0.1, -0.05) is 25.4 Å². The first-order valence-electron chi connectivity index (χ1n) is 7.70. The van der Waals surface area contributed by atoms with Crippen molar-refractivity contribution in [2.24, 2.45) is 5.92 Å². The third-order valence-electron chi connectivity index (χ3n) is 3.29. The summed E-state index contributed by atoms with van der Waals surface area (Å²) >= 11 is 6.13. The minimum Gasteiger partial charge on any atom is -0.482 e. The number of amides is 3. The maximum Gasteiger partial charge on any atom is 0.336 e. The lowest BCUT2D eigenvalue weighted by molar-refractivity contribution is -0.122. The fourth-order valence-corrected chi connectivity index (χ4v) is 2.30. The first kappa shape index (κ1) is 18.8. The zero-order valence-electron chi connectivity index (χ0n) is 14.1. The number of imide groups is 1. The lowest BCUT2D eigenvalue weighted by atomic mass is 10.1. The molecule has 2 N–H and O–H groups in total. The van der Waals surface area contributed by atoms with Gasteiger partial charge in [0.1, 0.15) is 11.3 Å². The Morgan fingerprint density at radius 2 is 2.00 bits per heavy atom. The van der Waals surface area contributed by atoms with E-state index in [1.807, 2.05) is 13.8 Å². The van der Waals surface area contributed by atoms with Crippen LogP contribution in [0.25, 0.3) is 11.0 Å². The summed E-state index contributed by atoms with van der Waals surface area (Å²) in [5.74, 6) is -0.171. The molecule has 2 aromatic rings. The Hall–Kier alpha value is -2.54. The summed E-state index contributed by atoms with van der Waals surface area (Å²) in [4.78, 5) is 34.7. The number of aryl methyl sites for hydroxylation is 1. The molecule has 1 aromatic heterocycles. The number of fused-ring (bicyclic) bond motifs is 1. The summed E-state index contributed by atoms with van der Waals surface area (Å²) in [6.45, 7) is 5.69. The second-order valence-electron chi connectivity index (χ2n) is 5.97. The summed E-state index contributed by atoms with van der Waals surface area (Å²) in [5, 5.41) is 5.65. The Labute approximate surface area is 149 Å². The number of benzene rings is 1. The van der Waals surface area contributed by atoms with E-state index in [1.54, 1.807) is 13.0 Å². The maximum absolute atomic E-state index is 11.7. The summed E-state index contributed by atoms with van der Waals surface area (Å²) in [5.41, 5.74) is 0.539. The van der Waals surface area contributed by atoms with Crippen LogP contribution in [0.3, 0.4) is 0 Å². The molecule has 0 aliphatic heterocycles. The highest BCUT2D eigenvalue weighted by Crippen LogP contribution is 2.30. The molecular formula is C17H19ClN2O5. The van der Waals surface area contributed by atoms with E-state index in [1.165, 1.54) is 12.1 Å². The van der Waals surface area contributed by atoms with E-state index in [0.29, 0.717) is 17.5 Å². The molecule has 2 rings (SSSR count). The summed E-state index contributed by atoms with van der Waals surface area (Å²) in [6.07, 6.45) is 0. The topological polar surface area (TPSA) is 97.6 Å². The van der Waals surface area contributed by atoms with Crippen LogP contribution in [0.2, 0.25) is 5.02 Å². The molecule has 0 unspecified atom stereocenters. The van der Waals surface area contributed by atoms with Gasteiger partial charge in [0.2, 0.25) is 0 Å². The number of hydrogen-bond donors (Lipinski definition) is 2. The van der Waals surface area contributed by atoms with Crippen LogP contribution in [-0.4, -0.2) is 25.1 Å². The van der Waals surface area contributed by atoms with Crippen molar-refractivity contribution >= 4 is 34.5 Å². The van der Waals surface area contributed by atoms with Crippen molar-refractivity contribution in [3.05, 3.63) is 39.2 Å². The van der Waals surface area contributed by atoms with Crippen molar-refractivity contribution in [2.75, 3.05) is 13.2 Å². The van der Waals surface area contributed by atoms with Crippen molar-refractivity contribution in [3.63, 3.8) is 0 Å². The summed E-state index contributed by atoms with van der Waals surface area (Å²) in [6, 6.07) is 3.81. The van der Waals surface area contributed by atoms with Crippen LogP contribution in [0.1, 0.15) is 19.4 Å². The fourth-order valence-electron chi connectivity index (χ4n) is 2.08. The lowest BCUT2D eigenvalue weighted by Crippen LogP contribution is -2.42. The van der Waals surface area contributed by atoms with Crippen molar-refractivity contribution in [2.45, 2.75) is 20.8 Å². The zero-order valence-corrected chi connectivity index (χ0v) is 14.9. The summed E-state index contributed by atoms with van der Waals surface area (Å²) in [7, 11) is 0.